The average molecular weight is 237 g/mol. The maximum atomic E-state index is 5.69. The molecule has 17 heavy (non-hydrogen) atoms. The van der Waals surface area contributed by atoms with Gasteiger partial charge in [-0.05, 0) is 12.5 Å². The Hall–Kier alpha value is -1.22. The van der Waals surface area contributed by atoms with Crippen molar-refractivity contribution in [3.05, 3.63) is 23.8 Å². The van der Waals surface area contributed by atoms with Crippen LogP contribution >= 0.6 is 0 Å². The lowest BCUT2D eigenvalue weighted by molar-refractivity contribution is 0.115. The zero-order valence-electron chi connectivity index (χ0n) is 10.9. The first-order valence-electron chi connectivity index (χ1n) is 6.28. The molecule has 3 nitrogen and oxygen atoms in total. The summed E-state index contributed by atoms with van der Waals surface area (Å²) in [5, 5.41) is 0. The molecule has 0 bridgehead atoms. The average Bonchev–Trinajstić information content (AvgIpc) is 2.35. The zero-order valence-corrected chi connectivity index (χ0v) is 10.9. The third kappa shape index (κ3) is 5.09. The number of methoxy groups -OCH3 is 1. The molecule has 0 aliphatic carbocycles. The Labute approximate surface area is 104 Å². The highest BCUT2D eigenvalue weighted by atomic mass is 16.5. The van der Waals surface area contributed by atoms with Gasteiger partial charge in [0.15, 0.2) is 0 Å². The number of hydrogen-bond donors (Lipinski definition) is 1. The Morgan fingerprint density at radius 1 is 1.18 bits per heavy atom. The van der Waals surface area contributed by atoms with Crippen molar-refractivity contribution in [1.82, 2.24) is 0 Å². The van der Waals surface area contributed by atoms with E-state index in [9.17, 15) is 0 Å². The van der Waals surface area contributed by atoms with Gasteiger partial charge in [0.05, 0.1) is 13.7 Å². The lowest BCUT2D eigenvalue weighted by atomic mass is 10.2. The van der Waals surface area contributed by atoms with Crippen LogP contribution in [0.4, 0.5) is 5.69 Å². The molecular weight excluding hydrogens is 214 g/mol. The highest BCUT2D eigenvalue weighted by Gasteiger charge is 2.03. The second-order valence-corrected chi connectivity index (χ2v) is 4.18. The van der Waals surface area contributed by atoms with Crippen molar-refractivity contribution >= 4 is 5.69 Å². The molecule has 1 rings (SSSR count). The quantitative estimate of drug-likeness (QED) is 0.557. The maximum Gasteiger partial charge on any atom is 0.126 e. The Bertz CT molecular complexity index is 326. The summed E-state index contributed by atoms with van der Waals surface area (Å²) in [6.45, 7) is 3.61. The van der Waals surface area contributed by atoms with Gasteiger partial charge in [0, 0.05) is 23.9 Å². The van der Waals surface area contributed by atoms with E-state index in [1.807, 2.05) is 18.2 Å². The molecule has 96 valence electrons. The molecule has 0 aromatic heterocycles. The van der Waals surface area contributed by atoms with Crippen LogP contribution < -0.4 is 10.5 Å². The number of nitrogens with two attached hydrogens (primary N) is 1. The van der Waals surface area contributed by atoms with Crippen LogP contribution in [0.15, 0.2) is 18.2 Å². The first kappa shape index (κ1) is 13.8. The van der Waals surface area contributed by atoms with Crippen molar-refractivity contribution in [2.24, 2.45) is 0 Å². The van der Waals surface area contributed by atoms with E-state index in [0.29, 0.717) is 12.3 Å². The van der Waals surface area contributed by atoms with Gasteiger partial charge in [0.2, 0.25) is 0 Å². The van der Waals surface area contributed by atoms with E-state index >= 15 is 0 Å². The molecule has 0 heterocycles. The van der Waals surface area contributed by atoms with E-state index < -0.39 is 0 Å². The van der Waals surface area contributed by atoms with Crippen LogP contribution in [-0.4, -0.2) is 13.7 Å². The van der Waals surface area contributed by atoms with Gasteiger partial charge in [-0.2, -0.15) is 0 Å². The molecule has 0 spiro atoms. The summed E-state index contributed by atoms with van der Waals surface area (Å²) in [5.74, 6) is 0.804. The molecule has 1 aromatic rings. The van der Waals surface area contributed by atoms with Crippen LogP contribution in [0.25, 0.3) is 0 Å². The molecule has 0 unspecified atom stereocenters. The van der Waals surface area contributed by atoms with Gasteiger partial charge in [0.1, 0.15) is 5.75 Å². The molecule has 1 aromatic carbocycles. The Kier molecular flexibility index (Phi) is 6.48. The van der Waals surface area contributed by atoms with Crippen LogP contribution in [-0.2, 0) is 11.3 Å². The summed E-state index contributed by atoms with van der Waals surface area (Å²) in [7, 11) is 1.65. The minimum Gasteiger partial charge on any atom is -0.496 e. The molecular formula is C14H23NO2. The van der Waals surface area contributed by atoms with E-state index in [2.05, 4.69) is 6.92 Å². The van der Waals surface area contributed by atoms with E-state index in [-0.39, 0.29) is 0 Å². The Balaban J connectivity index is 2.31. The molecule has 0 fully saturated rings. The Morgan fingerprint density at radius 2 is 2.00 bits per heavy atom. The van der Waals surface area contributed by atoms with E-state index in [1.165, 1.54) is 19.3 Å². The standard InChI is InChI=1S/C14H23NO2/c1-3-4-5-6-9-17-11-12-7-8-13(15)10-14(12)16-2/h7-8,10H,3-6,9,11,15H2,1-2H3. The summed E-state index contributed by atoms with van der Waals surface area (Å²) in [6, 6.07) is 5.66. The van der Waals surface area contributed by atoms with Crippen molar-refractivity contribution in [1.29, 1.82) is 0 Å². The summed E-state index contributed by atoms with van der Waals surface area (Å²) in [4.78, 5) is 0. The number of hydrogen-bond acceptors (Lipinski definition) is 3. The fourth-order valence-electron chi connectivity index (χ4n) is 1.69. The van der Waals surface area contributed by atoms with E-state index in [4.69, 9.17) is 15.2 Å². The van der Waals surface area contributed by atoms with Gasteiger partial charge in [-0.15, -0.1) is 0 Å². The molecule has 0 aliphatic rings. The molecule has 0 saturated heterocycles. The number of anilines is 1. The third-order valence-electron chi connectivity index (χ3n) is 2.71. The predicted molar refractivity (Wildman–Crippen MR) is 71.2 cm³/mol. The number of ether oxygens (including phenoxy) is 2. The van der Waals surface area contributed by atoms with E-state index in [0.717, 1.165) is 24.3 Å². The topological polar surface area (TPSA) is 44.5 Å². The molecule has 0 amide bonds. The summed E-state index contributed by atoms with van der Waals surface area (Å²) >= 11 is 0. The predicted octanol–water partition coefficient (Wildman–Crippen LogP) is 3.37. The van der Waals surface area contributed by atoms with Crippen LogP contribution in [0.3, 0.4) is 0 Å². The normalized spacial score (nSPS) is 10.5. The lowest BCUT2D eigenvalue weighted by Crippen LogP contribution is -1.99. The zero-order chi connectivity index (χ0) is 12.5. The number of rotatable bonds is 8. The second kappa shape index (κ2) is 7.96. The van der Waals surface area contributed by atoms with Crippen LogP contribution in [0.5, 0.6) is 5.75 Å². The maximum absolute atomic E-state index is 5.69. The summed E-state index contributed by atoms with van der Waals surface area (Å²) in [5.41, 5.74) is 7.46. The third-order valence-corrected chi connectivity index (χ3v) is 2.71. The van der Waals surface area contributed by atoms with Crippen molar-refractivity contribution < 1.29 is 9.47 Å². The van der Waals surface area contributed by atoms with Gasteiger partial charge in [-0.1, -0.05) is 32.3 Å². The van der Waals surface area contributed by atoms with Gasteiger partial charge in [-0.3, -0.25) is 0 Å². The first-order chi connectivity index (χ1) is 8.27. The smallest absolute Gasteiger partial charge is 0.126 e. The number of unbranched alkanes of at least 4 members (excludes halogenated alkanes) is 3. The molecule has 0 atom stereocenters. The van der Waals surface area contributed by atoms with Crippen LogP contribution in [0, 0.1) is 0 Å². The van der Waals surface area contributed by atoms with Crippen LogP contribution in [0.2, 0.25) is 0 Å². The Morgan fingerprint density at radius 3 is 2.71 bits per heavy atom. The highest BCUT2D eigenvalue weighted by Crippen LogP contribution is 2.22. The van der Waals surface area contributed by atoms with Gasteiger partial charge in [0.25, 0.3) is 0 Å². The summed E-state index contributed by atoms with van der Waals surface area (Å²) < 4.78 is 10.9. The molecule has 2 N–H and O–H groups in total. The fourth-order valence-corrected chi connectivity index (χ4v) is 1.69. The largest absolute Gasteiger partial charge is 0.496 e. The monoisotopic (exact) mass is 237 g/mol. The van der Waals surface area contributed by atoms with Gasteiger partial charge in [-0.25, -0.2) is 0 Å². The van der Waals surface area contributed by atoms with Crippen molar-refractivity contribution in [3.8, 4) is 5.75 Å². The highest BCUT2D eigenvalue weighted by molar-refractivity contribution is 5.48. The SMILES string of the molecule is CCCCCCOCc1ccc(N)cc1OC. The lowest BCUT2D eigenvalue weighted by Gasteiger charge is -2.09. The van der Waals surface area contributed by atoms with Gasteiger partial charge < -0.3 is 15.2 Å². The number of nitrogen functional groups attached to an aromatic ring is 1. The van der Waals surface area contributed by atoms with Crippen molar-refractivity contribution in [3.63, 3.8) is 0 Å². The van der Waals surface area contributed by atoms with E-state index in [1.54, 1.807) is 7.11 Å². The molecule has 0 radical (unpaired) electrons. The minimum atomic E-state index is 0.593. The van der Waals surface area contributed by atoms with Gasteiger partial charge >= 0.3 is 0 Å². The van der Waals surface area contributed by atoms with Crippen molar-refractivity contribution in [2.75, 3.05) is 19.5 Å². The first-order valence-corrected chi connectivity index (χ1v) is 6.28. The number of benzene rings is 1. The van der Waals surface area contributed by atoms with Crippen LogP contribution in [0.1, 0.15) is 38.2 Å². The fraction of sp³-hybridized carbons (Fsp3) is 0.571. The second-order valence-electron chi connectivity index (χ2n) is 4.18. The molecule has 0 aliphatic heterocycles. The van der Waals surface area contributed by atoms with Crippen molar-refractivity contribution in [2.45, 2.75) is 39.2 Å². The minimum absolute atomic E-state index is 0.593. The summed E-state index contributed by atoms with van der Waals surface area (Å²) in [6.07, 6.45) is 4.92. The molecule has 3 heteroatoms. The molecule has 0 saturated carbocycles.